The molecule has 0 spiro atoms. The van der Waals surface area contributed by atoms with Crippen LogP contribution in [0, 0.1) is 6.92 Å². The molecule has 0 aliphatic carbocycles. The van der Waals surface area contributed by atoms with Crippen LogP contribution in [0.25, 0.3) is 10.9 Å². The van der Waals surface area contributed by atoms with Gasteiger partial charge in [-0.2, -0.15) is 0 Å². The Balaban J connectivity index is 1.73. The zero-order chi connectivity index (χ0) is 27.6. The summed E-state index contributed by atoms with van der Waals surface area (Å²) in [7, 11) is 4.61. The van der Waals surface area contributed by atoms with E-state index in [-0.39, 0.29) is 6.04 Å². The van der Waals surface area contributed by atoms with Crippen LogP contribution in [0.3, 0.4) is 0 Å². The molecule has 204 valence electrons. The highest BCUT2D eigenvalue weighted by atomic mass is 16.6. The van der Waals surface area contributed by atoms with E-state index in [9.17, 15) is 9.59 Å². The number of hydrogen-bond donors (Lipinski definition) is 0. The molecule has 8 heteroatoms. The van der Waals surface area contributed by atoms with Crippen LogP contribution in [-0.2, 0) is 16.0 Å². The molecule has 1 unspecified atom stereocenters. The van der Waals surface area contributed by atoms with Crippen molar-refractivity contribution in [3.05, 3.63) is 58.8 Å². The number of carbonyl (C=O) groups is 2. The SMILES string of the molecule is COC(=O)c1ccc(C2CCCCN2Cc2c(OC)cc(C)c3c2ccn3C(=O)OC(C)(C)C)cc1OC. The molecule has 1 saturated heterocycles. The smallest absolute Gasteiger partial charge is 0.419 e. The average Bonchev–Trinajstić information content (AvgIpc) is 3.35. The number of aryl methyl sites for hydroxylation is 1. The van der Waals surface area contributed by atoms with Gasteiger partial charge < -0.3 is 18.9 Å². The van der Waals surface area contributed by atoms with Crippen LogP contribution in [0.2, 0.25) is 0 Å². The number of esters is 1. The van der Waals surface area contributed by atoms with Crippen molar-refractivity contribution in [1.29, 1.82) is 0 Å². The van der Waals surface area contributed by atoms with Crippen LogP contribution in [-0.4, -0.2) is 55.0 Å². The highest BCUT2D eigenvalue weighted by Crippen LogP contribution is 2.39. The number of nitrogens with zero attached hydrogens (tertiary/aromatic N) is 2. The van der Waals surface area contributed by atoms with E-state index in [2.05, 4.69) is 4.90 Å². The van der Waals surface area contributed by atoms with E-state index in [0.717, 1.165) is 59.2 Å². The lowest BCUT2D eigenvalue weighted by molar-refractivity contribution is 0.0542. The van der Waals surface area contributed by atoms with Gasteiger partial charge in [0, 0.05) is 29.7 Å². The van der Waals surface area contributed by atoms with Crippen molar-refractivity contribution in [2.45, 2.75) is 65.1 Å². The molecular formula is C30H38N2O6. The summed E-state index contributed by atoms with van der Waals surface area (Å²) >= 11 is 0. The zero-order valence-corrected chi connectivity index (χ0v) is 23.4. The normalized spacial score (nSPS) is 16.3. The first-order valence-electron chi connectivity index (χ1n) is 13.0. The lowest BCUT2D eigenvalue weighted by atomic mass is 9.93. The summed E-state index contributed by atoms with van der Waals surface area (Å²) < 4.78 is 23.5. The third-order valence-electron chi connectivity index (χ3n) is 7.03. The molecule has 0 saturated carbocycles. The topological polar surface area (TPSA) is 79.2 Å². The number of aromatic nitrogens is 1. The van der Waals surface area contributed by atoms with Crippen LogP contribution < -0.4 is 9.47 Å². The second-order valence-electron chi connectivity index (χ2n) is 10.7. The van der Waals surface area contributed by atoms with Crippen molar-refractivity contribution >= 4 is 23.0 Å². The van der Waals surface area contributed by atoms with Gasteiger partial charge in [-0.3, -0.25) is 9.47 Å². The molecule has 2 aromatic carbocycles. The van der Waals surface area contributed by atoms with E-state index in [1.165, 1.54) is 7.11 Å². The Morgan fingerprint density at radius 3 is 2.39 bits per heavy atom. The van der Waals surface area contributed by atoms with Gasteiger partial charge in [-0.25, -0.2) is 9.59 Å². The molecule has 38 heavy (non-hydrogen) atoms. The largest absolute Gasteiger partial charge is 0.496 e. The number of rotatable bonds is 6. The molecule has 1 aliphatic heterocycles. The molecule has 0 bridgehead atoms. The molecule has 3 aromatic rings. The Morgan fingerprint density at radius 2 is 1.74 bits per heavy atom. The molecule has 2 heterocycles. The Morgan fingerprint density at radius 1 is 1.00 bits per heavy atom. The number of hydrogen-bond acceptors (Lipinski definition) is 7. The second-order valence-corrected chi connectivity index (χ2v) is 10.7. The molecule has 1 aliphatic rings. The van der Waals surface area contributed by atoms with E-state index >= 15 is 0 Å². The fourth-order valence-electron chi connectivity index (χ4n) is 5.33. The third-order valence-corrected chi connectivity index (χ3v) is 7.03. The minimum atomic E-state index is -0.595. The van der Waals surface area contributed by atoms with E-state index < -0.39 is 17.7 Å². The molecule has 1 atom stereocenters. The van der Waals surface area contributed by atoms with Crippen molar-refractivity contribution in [2.24, 2.45) is 0 Å². The average molecular weight is 523 g/mol. The maximum Gasteiger partial charge on any atom is 0.419 e. The van der Waals surface area contributed by atoms with Crippen LogP contribution >= 0.6 is 0 Å². The maximum absolute atomic E-state index is 13.0. The Hall–Kier alpha value is -3.52. The van der Waals surface area contributed by atoms with Crippen LogP contribution in [0.1, 0.15) is 73.1 Å². The van der Waals surface area contributed by atoms with E-state index in [1.807, 2.05) is 52.0 Å². The van der Waals surface area contributed by atoms with Gasteiger partial charge in [-0.05, 0) is 82.5 Å². The van der Waals surface area contributed by atoms with E-state index in [1.54, 1.807) is 31.0 Å². The summed E-state index contributed by atoms with van der Waals surface area (Å²) in [6, 6.07) is 9.80. The minimum Gasteiger partial charge on any atom is -0.496 e. The number of likely N-dealkylation sites (tertiary alicyclic amines) is 1. The first-order valence-corrected chi connectivity index (χ1v) is 13.0. The van der Waals surface area contributed by atoms with E-state index in [0.29, 0.717) is 17.9 Å². The van der Waals surface area contributed by atoms with Gasteiger partial charge in [0.25, 0.3) is 0 Å². The monoisotopic (exact) mass is 522 g/mol. The first-order chi connectivity index (χ1) is 18.1. The van der Waals surface area contributed by atoms with Crippen LogP contribution in [0.5, 0.6) is 11.5 Å². The molecule has 0 radical (unpaired) electrons. The van der Waals surface area contributed by atoms with Crippen molar-refractivity contribution in [3.8, 4) is 11.5 Å². The predicted molar refractivity (Wildman–Crippen MR) is 146 cm³/mol. The zero-order valence-electron chi connectivity index (χ0n) is 23.4. The summed E-state index contributed by atoms with van der Waals surface area (Å²) in [5, 5.41) is 0.968. The van der Waals surface area contributed by atoms with Crippen molar-refractivity contribution < 1.29 is 28.5 Å². The molecule has 4 rings (SSSR count). The lowest BCUT2D eigenvalue weighted by Crippen LogP contribution is -2.33. The van der Waals surface area contributed by atoms with E-state index in [4.69, 9.17) is 18.9 Å². The molecule has 1 fully saturated rings. The molecular weight excluding hydrogens is 484 g/mol. The fourth-order valence-corrected chi connectivity index (χ4v) is 5.33. The highest BCUT2D eigenvalue weighted by molar-refractivity contribution is 5.95. The number of carbonyl (C=O) groups excluding carboxylic acids is 2. The summed E-state index contributed by atoms with van der Waals surface area (Å²) in [6.45, 7) is 9.12. The number of methoxy groups -OCH3 is 3. The molecule has 8 nitrogen and oxygen atoms in total. The van der Waals surface area contributed by atoms with Crippen LogP contribution in [0.4, 0.5) is 4.79 Å². The maximum atomic E-state index is 13.0. The van der Waals surface area contributed by atoms with Gasteiger partial charge >= 0.3 is 12.1 Å². The predicted octanol–water partition coefficient (Wildman–Crippen LogP) is 6.26. The van der Waals surface area contributed by atoms with Gasteiger partial charge in [0.05, 0.1) is 26.8 Å². The van der Waals surface area contributed by atoms with Crippen molar-refractivity contribution in [1.82, 2.24) is 9.47 Å². The highest BCUT2D eigenvalue weighted by Gasteiger charge is 2.28. The fraction of sp³-hybridized carbons (Fsp3) is 0.467. The summed E-state index contributed by atoms with van der Waals surface area (Å²) in [6.07, 6.45) is 4.55. The summed E-state index contributed by atoms with van der Waals surface area (Å²) in [5.74, 6) is 0.875. The number of piperidine rings is 1. The standard InChI is InChI=1S/C30H38N2O6/c1-19-16-25(35-5)23(21-13-15-32(27(19)21)29(34)38-30(2,3)4)18-31-14-9-8-10-24(31)20-11-12-22(28(33)37-7)26(17-20)36-6/h11-13,15-17,24H,8-10,14,18H2,1-7H3. The Labute approximate surface area is 224 Å². The van der Waals surface area contributed by atoms with Gasteiger partial charge in [-0.15, -0.1) is 0 Å². The number of ether oxygens (including phenoxy) is 4. The minimum absolute atomic E-state index is 0.137. The summed E-state index contributed by atoms with van der Waals surface area (Å²) in [5.41, 5.74) is 3.69. The number of fused-ring (bicyclic) bond motifs is 1. The van der Waals surface area contributed by atoms with Gasteiger partial charge in [0.2, 0.25) is 0 Å². The quantitative estimate of drug-likeness (QED) is 0.353. The Bertz CT molecular complexity index is 1340. The van der Waals surface area contributed by atoms with Gasteiger partial charge in [0.15, 0.2) is 0 Å². The lowest BCUT2D eigenvalue weighted by Gasteiger charge is -2.36. The molecule has 0 N–H and O–H groups in total. The third kappa shape index (κ3) is 5.50. The second kappa shape index (κ2) is 11.1. The first kappa shape index (κ1) is 27.5. The van der Waals surface area contributed by atoms with Gasteiger partial charge in [-0.1, -0.05) is 12.5 Å². The Kier molecular flexibility index (Phi) is 8.02. The molecule has 1 aromatic heterocycles. The van der Waals surface area contributed by atoms with Crippen molar-refractivity contribution in [3.63, 3.8) is 0 Å². The van der Waals surface area contributed by atoms with Gasteiger partial charge in [0.1, 0.15) is 22.7 Å². The summed E-state index contributed by atoms with van der Waals surface area (Å²) in [4.78, 5) is 27.6. The van der Waals surface area contributed by atoms with Crippen LogP contribution in [0.15, 0.2) is 36.5 Å². The number of benzene rings is 2. The molecule has 0 amide bonds. The van der Waals surface area contributed by atoms with Crippen molar-refractivity contribution in [2.75, 3.05) is 27.9 Å².